The molecule has 1 aliphatic heterocycles. The van der Waals surface area contributed by atoms with Crippen LogP contribution in [0, 0.1) is 0 Å². The Bertz CT molecular complexity index is 2230. The summed E-state index contributed by atoms with van der Waals surface area (Å²) in [5, 5.41) is 63.0. The fourth-order valence-electron chi connectivity index (χ4n) is 6.32. The average molecular weight is 757 g/mol. The molecular weight excluding hydrogens is 716 g/mol. The van der Waals surface area contributed by atoms with Crippen LogP contribution in [-0.4, -0.2) is 79.9 Å². The van der Waals surface area contributed by atoms with Crippen molar-refractivity contribution >= 4 is 22.9 Å². The predicted molar refractivity (Wildman–Crippen MR) is 196 cm³/mol. The average Bonchev–Trinajstić information content (AvgIpc) is 3.16. The van der Waals surface area contributed by atoms with Crippen molar-refractivity contribution in [3.63, 3.8) is 0 Å². The summed E-state index contributed by atoms with van der Waals surface area (Å²) in [7, 11) is 0. The summed E-state index contributed by atoms with van der Waals surface area (Å²) in [5.74, 6) is -5.03. The highest BCUT2D eigenvalue weighted by Crippen LogP contribution is 2.40. The first-order chi connectivity index (χ1) is 26.4. The molecular formula is C41H40O14. The molecule has 1 aromatic heterocycles. The molecule has 5 aromatic rings. The van der Waals surface area contributed by atoms with Crippen LogP contribution < -0.4 is 10.2 Å². The molecule has 288 valence electrons. The third-order valence-corrected chi connectivity index (χ3v) is 9.14. The van der Waals surface area contributed by atoms with Gasteiger partial charge in [-0.1, -0.05) is 51.0 Å². The first-order valence-electron chi connectivity index (χ1n) is 17.7. The van der Waals surface area contributed by atoms with E-state index >= 15 is 0 Å². The van der Waals surface area contributed by atoms with Crippen LogP contribution >= 0.6 is 0 Å². The highest BCUT2D eigenvalue weighted by atomic mass is 16.7. The third kappa shape index (κ3) is 8.21. The van der Waals surface area contributed by atoms with Crippen molar-refractivity contribution in [2.75, 3.05) is 6.61 Å². The number of phenols is 3. The number of aromatic hydroxyl groups is 4. The molecule has 0 aliphatic carbocycles. The summed E-state index contributed by atoms with van der Waals surface area (Å²) in [4.78, 5) is 40.1. The van der Waals surface area contributed by atoms with E-state index in [9.17, 15) is 45.0 Å². The number of fused-ring (bicyclic) bond motifs is 1. The number of aliphatic hydroxyl groups is 2. The number of carbonyl (C=O) groups is 2. The van der Waals surface area contributed by atoms with E-state index in [1.165, 1.54) is 6.07 Å². The minimum atomic E-state index is -1.75. The van der Waals surface area contributed by atoms with Crippen molar-refractivity contribution in [1.82, 2.24) is 0 Å². The quantitative estimate of drug-likeness (QED) is 0.0913. The maximum atomic E-state index is 13.6. The number of aliphatic hydroxyl groups excluding tert-OH is 2. The standard InChI is InChI=1S/C41H40O14/c1-3-5-21-7-11-23(12-8-21)39(49)54-37-33(46)31(20-42)53-41(38(37)55-40(50)24-13-9-22(6-4-2)10-14-24)52-29-17-25(15-16-27(29)44)36-35(48)34(47)32-28(45)18-26(43)19-30(32)51-36/h7-19,31,33,37-38,41-46,48H,3-6,20H2,1-2H3/t31-,33-,37+,38-,41-/m1/s1. The first-order valence-corrected chi connectivity index (χ1v) is 17.7. The topological polar surface area (TPSA) is 223 Å². The first kappa shape index (κ1) is 38.6. The Morgan fingerprint density at radius 2 is 1.33 bits per heavy atom. The third-order valence-electron chi connectivity index (χ3n) is 9.14. The number of benzene rings is 4. The Labute approximate surface area is 314 Å². The van der Waals surface area contributed by atoms with E-state index in [-0.39, 0.29) is 33.4 Å². The number of phenolic OH excluding ortho intramolecular Hbond substituents is 3. The van der Waals surface area contributed by atoms with Gasteiger partial charge in [-0.15, -0.1) is 0 Å². The number of aryl methyl sites for hydroxylation is 2. The number of carbonyl (C=O) groups excluding carboxylic acids is 2. The predicted octanol–water partition coefficient (Wildman–Crippen LogP) is 5.10. The summed E-state index contributed by atoms with van der Waals surface area (Å²) in [6.45, 7) is 3.25. The zero-order chi connectivity index (χ0) is 39.4. The van der Waals surface area contributed by atoms with Crippen LogP contribution in [0.2, 0.25) is 0 Å². The van der Waals surface area contributed by atoms with E-state index in [4.69, 9.17) is 23.4 Å². The van der Waals surface area contributed by atoms with Gasteiger partial charge in [0.2, 0.25) is 23.6 Å². The lowest BCUT2D eigenvalue weighted by molar-refractivity contribution is -0.276. The lowest BCUT2D eigenvalue weighted by Gasteiger charge is -2.42. The second-order valence-corrected chi connectivity index (χ2v) is 13.1. The van der Waals surface area contributed by atoms with Gasteiger partial charge in [0.25, 0.3) is 0 Å². The van der Waals surface area contributed by atoms with Gasteiger partial charge in [0.15, 0.2) is 23.4 Å². The van der Waals surface area contributed by atoms with Gasteiger partial charge in [0.05, 0.1) is 17.7 Å². The lowest BCUT2D eigenvalue weighted by atomic mass is 9.98. The molecule has 4 aromatic carbocycles. The van der Waals surface area contributed by atoms with Crippen LogP contribution in [0.15, 0.2) is 88.1 Å². The number of hydrogen-bond acceptors (Lipinski definition) is 14. The van der Waals surface area contributed by atoms with E-state index in [0.717, 1.165) is 61.1 Å². The zero-order valence-corrected chi connectivity index (χ0v) is 29.9. The maximum Gasteiger partial charge on any atom is 0.338 e. The second kappa shape index (κ2) is 16.5. The van der Waals surface area contributed by atoms with E-state index in [0.29, 0.717) is 0 Å². The van der Waals surface area contributed by atoms with E-state index < -0.39 is 83.4 Å². The van der Waals surface area contributed by atoms with Gasteiger partial charge in [-0.3, -0.25) is 4.79 Å². The molecule has 6 N–H and O–H groups in total. The highest BCUT2D eigenvalue weighted by Gasteiger charge is 2.51. The van der Waals surface area contributed by atoms with Crippen molar-refractivity contribution in [2.45, 2.75) is 70.2 Å². The van der Waals surface area contributed by atoms with E-state index in [2.05, 4.69) is 0 Å². The smallest absolute Gasteiger partial charge is 0.338 e. The van der Waals surface area contributed by atoms with E-state index in [1.54, 1.807) is 48.5 Å². The minimum absolute atomic E-state index is 0.0307. The van der Waals surface area contributed by atoms with Crippen molar-refractivity contribution in [2.24, 2.45) is 0 Å². The molecule has 0 spiro atoms. The molecule has 2 heterocycles. The Morgan fingerprint density at radius 1 is 0.745 bits per heavy atom. The normalized spacial score (nSPS) is 19.5. The molecule has 1 fully saturated rings. The lowest BCUT2D eigenvalue weighted by Crippen LogP contribution is -2.62. The van der Waals surface area contributed by atoms with Crippen LogP contribution in [0.3, 0.4) is 0 Å². The van der Waals surface area contributed by atoms with E-state index in [1.807, 2.05) is 13.8 Å². The summed E-state index contributed by atoms with van der Waals surface area (Å²) in [6.07, 6.45) is -4.95. The number of hydrogen-bond donors (Lipinski definition) is 6. The number of ether oxygens (including phenoxy) is 4. The largest absolute Gasteiger partial charge is 0.508 e. The summed E-state index contributed by atoms with van der Waals surface area (Å²) >= 11 is 0. The SMILES string of the molecule is CCCc1ccc(C(=O)O[C@H]2[C@H](Oc3cc(-c4oc5cc(O)cc(O)c5c(=O)c4O)ccc3O)O[C@H](CO)[C@@H](O)[C@@H]2OC(=O)c2ccc(CCC)cc2)cc1. The van der Waals surface area contributed by atoms with Crippen LogP contribution in [-0.2, 0) is 27.1 Å². The summed E-state index contributed by atoms with van der Waals surface area (Å²) < 4.78 is 29.2. The second-order valence-electron chi connectivity index (χ2n) is 13.1. The Balaban J connectivity index is 1.37. The molecule has 14 nitrogen and oxygen atoms in total. The van der Waals surface area contributed by atoms with Gasteiger partial charge < -0.3 is 54.0 Å². The summed E-state index contributed by atoms with van der Waals surface area (Å²) in [5.41, 5.74) is 0.924. The molecule has 1 aliphatic rings. The molecule has 5 atom stereocenters. The molecule has 1 saturated heterocycles. The summed E-state index contributed by atoms with van der Waals surface area (Å²) in [6, 6.07) is 18.8. The number of esters is 2. The maximum absolute atomic E-state index is 13.6. The van der Waals surface area contributed by atoms with Gasteiger partial charge in [-0.2, -0.15) is 0 Å². The fraction of sp³-hybridized carbons (Fsp3) is 0.293. The molecule has 14 heteroatoms. The molecule has 0 amide bonds. The molecule has 6 rings (SSSR count). The number of rotatable bonds is 12. The fourth-order valence-corrected chi connectivity index (χ4v) is 6.32. The molecule has 0 radical (unpaired) electrons. The molecule has 55 heavy (non-hydrogen) atoms. The Kier molecular flexibility index (Phi) is 11.6. The van der Waals surface area contributed by atoms with Crippen LogP contribution in [0.1, 0.15) is 58.5 Å². The minimum Gasteiger partial charge on any atom is -0.508 e. The molecule has 0 saturated carbocycles. The van der Waals surface area contributed by atoms with Crippen LogP contribution in [0.4, 0.5) is 0 Å². The van der Waals surface area contributed by atoms with Gasteiger partial charge >= 0.3 is 11.9 Å². The van der Waals surface area contributed by atoms with Crippen molar-refractivity contribution < 1.29 is 63.6 Å². The Morgan fingerprint density at radius 3 is 1.89 bits per heavy atom. The highest BCUT2D eigenvalue weighted by molar-refractivity contribution is 5.91. The van der Waals surface area contributed by atoms with Crippen molar-refractivity contribution in [3.05, 3.63) is 111 Å². The van der Waals surface area contributed by atoms with Crippen LogP contribution in [0.5, 0.6) is 28.7 Å². The van der Waals surface area contributed by atoms with Crippen LogP contribution in [0.25, 0.3) is 22.3 Å². The van der Waals surface area contributed by atoms with Crippen molar-refractivity contribution in [3.8, 4) is 40.1 Å². The molecule has 0 bridgehead atoms. The van der Waals surface area contributed by atoms with Crippen molar-refractivity contribution in [1.29, 1.82) is 0 Å². The zero-order valence-electron chi connectivity index (χ0n) is 29.9. The van der Waals surface area contributed by atoms with Gasteiger partial charge in [-0.25, -0.2) is 9.59 Å². The molecule has 0 unspecified atom stereocenters. The van der Waals surface area contributed by atoms with Gasteiger partial charge in [-0.05, 0) is 66.4 Å². The Hall–Kier alpha value is -6.09. The van der Waals surface area contributed by atoms with Gasteiger partial charge in [0, 0.05) is 17.7 Å². The van der Waals surface area contributed by atoms with Gasteiger partial charge in [0.1, 0.15) is 34.7 Å². The monoisotopic (exact) mass is 756 g/mol.